The van der Waals surface area contributed by atoms with Crippen molar-refractivity contribution < 1.29 is 9.90 Å². The van der Waals surface area contributed by atoms with Gasteiger partial charge in [-0.3, -0.25) is 11.8 Å². The molecule has 0 aromatic carbocycles. The summed E-state index contributed by atoms with van der Waals surface area (Å²) in [4.78, 5) is 13.4. The van der Waals surface area contributed by atoms with E-state index in [1.807, 2.05) is 4.90 Å². The number of hydrogen-bond acceptors (Lipinski definition) is 3. The highest BCUT2D eigenvalue weighted by Crippen LogP contribution is 2.15. The fraction of sp³-hybridized carbons (Fsp3) is 0.778. The minimum atomic E-state index is 0.0138. The predicted octanol–water partition coefficient (Wildman–Crippen LogP) is -0.402. The van der Waals surface area contributed by atoms with Crippen molar-refractivity contribution in [1.29, 1.82) is 0 Å². The molecule has 1 rings (SSSR count). The average Bonchev–Trinajstić information content (AvgIpc) is 2.15. The van der Waals surface area contributed by atoms with Gasteiger partial charge in [0.2, 0.25) is 5.91 Å². The van der Waals surface area contributed by atoms with Crippen LogP contribution in [-0.4, -0.2) is 42.2 Å². The highest BCUT2D eigenvalue weighted by Gasteiger charge is 2.20. The molecule has 0 spiro atoms. The maximum Gasteiger partial charge on any atom is 0.223 e. The van der Waals surface area contributed by atoms with Crippen LogP contribution in [0.3, 0.4) is 0 Å². The predicted molar refractivity (Wildman–Crippen MR) is 49.7 cm³/mol. The van der Waals surface area contributed by atoms with E-state index >= 15 is 0 Å². The van der Waals surface area contributed by atoms with E-state index in [1.54, 1.807) is 0 Å². The maximum atomic E-state index is 11.4. The minimum absolute atomic E-state index is 0.0138. The third-order valence-electron chi connectivity index (χ3n) is 2.37. The third kappa shape index (κ3) is 3.32. The molecule has 0 bridgehead atoms. The van der Waals surface area contributed by atoms with Crippen LogP contribution in [0.5, 0.6) is 0 Å². The molecule has 0 aromatic rings. The first-order valence-corrected chi connectivity index (χ1v) is 4.68. The molecular formula is C9H17N2O2-. The molecule has 0 aliphatic carbocycles. The summed E-state index contributed by atoms with van der Waals surface area (Å²) in [5.74, 6) is 0.187. The van der Waals surface area contributed by atoms with Crippen molar-refractivity contribution in [2.24, 2.45) is 5.92 Å². The van der Waals surface area contributed by atoms with Gasteiger partial charge in [0.25, 0.3) is 0 Å². The Morgan fingerprint density at radius 2 is 2.15 bits per heavy atom. The first-order valence-electron chi connectivity index (χ1n) is 4.68. The second kappa shape index (κ2) is 5.19. The highest BCUT2D eigenvalue weighted by atomic mass is 16.3. The molecule has 13 heavy (non-hydrogen) atoms. The van der Waals surface area contributed by atoms with Gasteiger partial charge < -0.3 is 15.3 Å². The van der Waals surface area contributed by atoms with Crippen molar-refractivity contribution in [3.8, 4) is 0 Å². The second-order valence-corrected chi connectivity index (χ2v) is 3.41. The van der Waals surface area contributed by atoms with Crippen LogP contribution in [0.1, 0.15) is 12.8 Å². The molecule has 4 nitrogen and oxygen atoms in total. The Kier molecular flexibility index (Phi) is 4.18. The molecule has 0 unspecified atom stereocenters. The van der Waals surface area contributed by atoms with Gasteiger partial charge >= 0.3 is 0 Å². The lowest BCUT2D eigenvalue weighted by Gasteiger charge is -2.33. The number of likely N-dealkylation sites (tertiary alicyclic amines) is 1. The Balaban J connectivity index is 2.23. The summed E-state index contributed by atoms with van der Waals surface area (Å²) in [6, 6.07) is 0. The number of nitrogens with one attached hydrogen (secondary N) is 1. The molecule has 1 amide bonds. The van der Waals surface area contributed by atoms with Gasteiger partial charge in [0.05, 0.1) is 6.61 Å². The van der Waals surface area contributed by atoms with Crippen LogP contribution in [0, 0.1) is 13.0 Å². The van der Waals surface area contributed by atoms with Gasteiger partial charge in [0.15, 0.2) is 0 Å². The van der Waals surface area contributed by atoms with Crippen molar-refractivity contribution in [3.63, 3.8) is 0 Å². The Labute approximate surface area is 78.9 Å². The molecule has 0 aromatic heterocycles. The molecule has 0 radical (unpaired) electrons. The Morgan fingerprint density at radius 3 is 2.69 bits per heavy atom. The molecule has 0 saturated carbocycles. The zero-order valence-corrected chi connectivity index (χ0v) is 7.83. The van der Waals surface area contributed by atoms with Crippen LogP contribution in [0.2, 0.25) is 0 Å². The first kappa shape index (κ1) is 10.5. The quantitative estimate of drug-likeness (QED) is 0.588. The lowest BCUT2D eigenvalue weighted by molar-refractivity contribution is -0.126. The minimum Gasteiger partial charge on any atom is -0.459 e. The van der Waals surface area contributed by atoms with E-state index in [-0.39, 0.29) is 18.4 Å². The summed E-state index contributed by atoms with van der Waals surface area (Å²) in [6.07, 6.45) is 1.75. The van der Waals surface area contributed by atoms with Gasteiger partial charge in [-0.2, -0.15) is 0 Å². The molecular weight excluding hydrogens is 168 g/mol. The first-order chi connectivity index (χ1) is 6.24. The van der Waals surface area contributed by atoms with Crippen LogP contribution in [-0.2, 0) is 4.79 Å². The highest BCUT2D eigenvalue weighted by molar-refractivity contribution is 5.78. The van der Waals surface area contributed by atoms with E-state index in [9.17, 15) is 4.79 Å². The molecule has 1 aliphatic rings. The largest absolute Gasteiger partial charge is 0.459 e. The third-order valence-corrected chi connectivity index (χ3v) is 2.37. The monoisotopic (exact) mass is 185 g/mol. The number of carbonyl (C=O) groups excluding carboxylic acids is 1. The number of rotatable bonds is 3. The Morgan fingerprint density at radius 1 is 1.54 bits per heavy atom. The van der Waals surface area contributed by atoms with Gasteiger partial charge in [0, 0.05) is 12.5 Å². The van der Waals surface area contributed by atoms with E-state index in [1.165, 1.54) is 0 Å². The molecule has 76 valence electrons. The maximum absolute atomic E-state index is 11.4. The van der Waals surface area contributed by atoms with Crippen LogP contribution in [0.4, 0.5) is 0 Å². The number of aliphatic hydroxyl groups is 1. The standard InChI is InChI=1S/C9H17N2O2/c1-11-5-2-8(3-6-11)9(13)10-4-7-12/h8,12H,1-7H2,(H,10,13)/q-1. The van der Waals surface area contributed by atoms with Gasteiger partial charge in [-0.25, -0.2) is 0 Å². The number of carbonyl (C=O) groups is 1. The van der Waals surface area contributed by atoms with Crippen LogP contribution in [0.15, 0.2) is 0 Å². The van der Waals surface area contributed by atoms with E-state index in [0.29, 0.717) is 6.54 Å². The SMILES string of the molecule is [CH2-]N1CCC(C(=O)NCCO)CC1. The number of aliphatic hydroxyl groups excluding tert-OH is 1. The van der Waals surface area contributed by atoms with Gasteiger partial charge in [-0.15, -0.1) is 0 Å². The molecule has 1 aliphatic heterocycles. The summed E-state index contributed by atoms with van der Waals surface area (Å²) in [5.41, 5.74) is 0. The summed E-state index contributed by atoms with van der Waals surface area (Å²) in [7, 11) is 3.82. The number of amides is 1. The van der Waals surface area contributed by atoms with Gasteiger partial charge in [-0.05, 0) is 25.9 Å². The fourth-order valence-electron chi connectivity index (χ4n) is 1.52. The normalized spacial score (nSPS) is 20.2. The fourth-order valence-corrected chi connectivity index (χ4v) is 1.52. The van der Waals surface area contributed by atoms with Crippen LogP contribution < -0.4 is 5.32 Å². The van der Waals surface area contributed by atoms with E-state index < -0.39 is 0 Å². The molecule has 1 heterocycles. The topological polar surface area (TPSA) is 52.6 Å². The summed E-state index contributed by atoms with van der Waals surface area (Å²) < 4.78 is 0. The van der Waals surface area contributed by atoms with E-state index in [0.717, 1.165) is 25.9 Å². The van der Waals surface area contributed by atoms with Crippen LogP contribution in [0.25, 0.3) is 0 Å². The molecule has 1 fully saturated rings. The Bertz CT molecular complexity index is 165. The van der Waals surface area contributed by atoms with Crippen molar-refractivity contribution in [2.75, 3.05) is 26.2 Å². The zero-order valence-electron chi connectivity index (χ0n) is 7.83. The summed E-state index contributed by atoms with van der Waals surface area (Å²) in [6.45, 7) is 2.15. The van der Waals surface area contributed by atoms with E-state index in [4.69, 9.17) is 5.11 Å². The Hall–Kier alpha value is -0.610. The van der Waals surface area contributed by atoms with Crippen LogP contribution >= 0.6 is 0 Å². The lowest BCUT2D eigenvalue weighted by Crippen LogP contribution is -2.39. The average molecular weight is 185 g/mol. The smallest absolute Gasteiger partial charge is 0.223 e. The number of piperidine rings is 1. The summed E-state index contributed by atoms with van der Waals surface area (Å²) in [5, 5.41) is 11.2. The van der Waals surface area contributed by atoms with Crippen molar-refractivity contribution >= 4 is 5.91 Å². The van der Waals surface area contributed by atoms with Gasteiger partial charge in [-0.1, -0.05) is 0 Å². The van der Waals surface area contributed by atoms with E-state index in [2.05, 4.69) is 12.4 Å². The molecule has 2 N–H and O–H groups in total. The molecule has 0 atom stereocenters. The second-order valence-electron chi connectivity index (χ2n) is 3.41. The number of nitrogens with zero attached hydrogens (tertiary/aromatic N) is 1. The zero-order chi connectivity index (χ0) is 9.68. The summed E-state index contributed by atoms with van der Waals surface area (Å²) >= 11 is 0. The lowest BCUT2D eigenvalue weighted by atomic mass is 9.96. The molecule has 4 heteroatoms. The van der Waals surface area contributed by atoms with Crippen molar-refractivity contribution in [2.45, 2.75) is 12.8 Å². The number of hydrogen-bond donors (Lipinski definition) is 2. The van der Waals surface area contributed by atoms with Gasteiger partial charge in [0.1, 0.15) is 0 Å². The molecule has 1 saturated heterocycles. The van der Waals surface area contributed by atoms with Crippen molar-refractivity contribution in [3.05, 3.63) is 7.05 Å². The van der Waals surface area contributed by atoms with Crippen molar-refractivity contribution in [1.82, 2.24) is 10.2 Å².